The summed E-state index contributed by atoms with van der Waals surface area (Å²) < 4.78 is 30.1. The average molecular weight is 310 g/mol. The normalized spacial score (nSPS) is 21.8. The zero-order valence-corrected chi connectivity index (χ0v) is 12.9. The highest BCUT2D eigenvalue weighted by atomic mass is 32.2. The third-order valence-electron chi connectivity index (χ3n) is 2.95. The number of hydrogen-bond acceptors (Lipinski definition) is 7. The third-order valence-corrected chi connectivity index (χ3v) is 4.58. The molecule has 0 radical (unpaired) electrons. The molecule has 5 N–H and O–H groups in total. The lowest BCUT2D eigenvalue weighted by Crippen LogP contribution is -2.47. The topological polar surface area (TPSA) is 120 Å². The van der Waals surface area contributed by atoms with Crippen LogP contribution in [0.5, 0.6) is 0 Å². The van der Waals surface area contributed by atoms with E-state index in [0.29, 0.717) is 11.1 Å². The van der Waals surface area contributed by atoms with E-state index in [1.165, 1.54) is 12.3 Å². The molecule has 0 aliphatic carbocycles. The minimum Gasteiger partial charge on any atom is -0.370 e. The van der Waals surface area contributed by atoms with Crippen LogP contribution in [-0.4, -0.2) is 20.2 Å². The SMILES string of the molecule is Cc1cc(C)c(S(=O)(=O)OC2(N)C=CNC(N)=N2)c(C)c1. The Morgan fingerprint density at radius 2 is 1.81 bits per heavy atom. The van der Waals surface area contributed by atoms with Gasteiger partial charge in [-0.3, -0.25) is 5.73 Å². The van der Waals surface area contributed by atoms with Crippen LogP contribution in [0.2, 0.25) is 0 Å². The zero-order valence-electron chi connectivity index (χ0n) is 12.0. The minimum atomic E-state index is -4.09. The van der Waals surface area contributed by atoms with Gasteiger partial charge in [-0.2, -0.15) is 13.4 Å². The molecule has 8 heteroatoms. The first-order valence-corrected chi connectivity index (χ1v) is 7.66. The molecule has 1 aromatic carbocycles. The van der Waals surface area contributed by atoms with Crippen LogP contribution in [0.4, 0.5) is 0 Å². The zero-order chi connectivity index (χ0) is 15.8. The Labute approximate surface area is 123 Å². The lowest BCUT2D eigenvalue weighted by atomic mass is 10.1. The highest BCUT2D eigenvalue weighted by Gasteiger charge is 2.34. The molecule has 1 aliphatic heterocycles. The van der Waals surface area contributed by atoms with Crippen molar-refractivity contribution in [2.75, 3.05) is 0 Å². The monoisotopic (exact) mass is 310 g/mol. The van der Waals surface area contributed by atoms with E-state index in [0.717, 1.165) is 5.56 Å². The van der Waals surface area contributed by atoms with Crippen molar-refractivity contribution >= 4 is 16.1 Å². The van der Waals surface area contributed by atoms with Crippen molar-refractivity contribution in [3.8, 4) is 0 Å². The van der Waals surface area contributed by atoms with Gasteiger partial charge in [0.15, 0.2) is 5.96 Å². The number of aliphatic imine (C=N–C) groups is 1. The lowest BCUT2D eigenvalue weighted by Gasteiger charge is -2.25. The Bertz CT molecular complexity index is 717. The second kappa shape index (κ2) is 5.14. The van der Waals surface area contributed by atoms with E-state index in [2.05, 4.69) is 10.3 Å². The van der Waals surface area contributed by atoms with Crippen LogP contribution in [0.3, 0.4) is 0 Å². The molecule has 1 atom stereocenters. The van der Waals surface area contributed by atoms with Gasteiger partial charge >= 0.3 is 10.1 Å². The van der Waals surface area contributed by atoms with E-state index in [1.807, 2.05) is 6.92 Å². The maximum atomic E-state index is 12.5. The molecular formula is C13H18N4O3S. The largest absolute Gasteiger partial charge is 0.370 e. The highest BCUT2D eigenvalue weighted by molar-refractivity contribution is 7.87. The predicted molar refractivity (Wildman–Crippen MR) is 79.7 cm³/mol. The Kier molecular flexibility index (Phi) is 3.79. The summed E-state index contributed by atoms with van der Waals surface area (Å²) in [6, 6.07) is 3.53. The number of nitrogens with two attached hydrogens (primary N) is 2. The van der Waals surface area contributed by atoms with Gasteiger partial charge in [-0.25, -0.2) is 4.18 Å². The molecule has 0 aromatic heterocycles. The number of rotatable bonds is 3. The second-order valence-corrected chi connectivity index (χ2v) is 6.48. The predicted octanol–water partition coefficient (Wildman–Crippen LogP) is 0.361. The van der Waals surface area contributed by atoms with Crippen LogP contribution in [0, 0.1) is 20.8 Å². The molecule has 1 unspecified atom stereocenters. The van der Waals surface area contributed by atoms with Gasteiger partial charge in [0.25, 0.3) is 5.85 Å². The molecule has 114 valence electrons. The molecule has 0 saturated heterocycles. The number of nitrogens with zero attached hydrogens (tertiary/aromatic N) is 1. The third kappa shape index (κ3) is 3.23. The number of hydrogen-bond donors (Lipinski definition) is 3. The second-order valence-electron chi connectivity index (χ2n) is 4.99. The average Bonchev–Trinajstić information content (AvgIpc) is 2.23. The minimum absolute atomic E-state index is 0.0208. The fourth-order valence-corrected chi connectivity index (χ4v) is 3.76. The van der Waals surface area contributed by atoms with Gasteiger partial charge < -0.3 is 11.1 Å². The van der Waals surface area contributed by atoms with E-state index in [9.17, 15) is 8.42 Å². The summed E-state index contributed by atoms with van der Waals surface area (Å²) in [7, 11) is -4.09. The molecule has 21 heavy (non-hydrogen) atoms. The molecule has 1 aliphatic rings. The molecule has 1 heterocycles. The van der Waals surface area contributed by atoms with Crippen molar-refractivity contribution in [2.24, 2.45) is 16.5 Å². The summed E-state index contributed by atoms with van der Waals surface area (Å²) in [4.78, 5) is 3.87. The van der Waals surface area contributed by atoms with Crippen molar-refractivity contribution in [1.29, 1.82) is 0 Å². The van der Waals surface area contributed by atoms with E-state index in [1.54, 1.807) is 26.0 Å². The molecule has 7 nitrogen and oxygen atoms in total. The Balaban J connectivity index is 2.45. The van der Waals surface area contributed by atoms with Crippen molar-refractivity contribution in [3.05, 3.63) is 41.1 Å². The van der Waals surface area contributed by atoms with Gasteiger partial charge in [0, 0.05) is 12.3 Å². The van der Waals surface area contributed by atoms with Crippen LogP contribution in [0.15, 0.2) is 34.3 Å². The Morgan fingerprint density at radius 3 is 2.33 bits per heavy atom. The fraction of sp³-hybridized carbons (Fsp3) is 0.308. The lowest BCUT2D eigenvalue weighted by molar-refractivity contribution is 0.143. The summed E-state index contributed by atoms with van der Waals surface area (Å²) in [5.41, 5.74) is 13.4. The smallest absolute Gasteiger partial charge is 0.301 e. The maximum absolute atomic E-state index is 12.5. The summed E-state index contributed by atoms with van der Waals surface area (Å²) in [6.45, 7) is 5.30. The van der Waals surface area contributed by atoms with Crippen LogP contribution in [0.25, 0.3) is 0 Å². The van der Waals surface area contributed by atoms with Crippen LogP contribution >= 0.6 is 0 Å². The quantitative estimate of drug-likeness (QED) is 0.548. The van der Waals surface area contributed by atoms with Crippen molar-refractivity contribution < 1.29 is 12.6 Å². The number of benzene rings is 1. The van der Waals surface area contributed by atoms with Crippen molar-refractivity contribution in [1.82, 2.24) is 5.32 Å². The van der Waals surface area contributed by atoms with Crippen molar-refractivity contribution in [3.63, 3.8) is 0 Å². The van der Waals surface area contributed by atoms with Gasteiger partial charge in [-0.15, -0.1) is 0 Å². The highest BCUT2D eigenvalue weighted by Crippen LogP contribution is 2.27. The molecular weight excluding hydrogens is 292 g/mol. The van der Waals surface area contributed by atoms with Gasteiger partial charge in [0.2, 0.25) is 0 Å². The van der Waals surface area contributed by atoms with E-state index >= 15 is 0 Å². The van der Waals surface area contributed by atoms with Crippen molar-refractivity contribution in [2.45, 2.75) is 31.5 Å². The molecule has 0 fully saturated rings. The van der Waals surface area contributed by atoms with Crippen LogP contribution in [0.1, 0.15) is 16.7 Å². The first-order chi connectivity index (χ1) is 9.63. The number of guanidine groups is 1. The number of nitrogens with one attached hydrogen (secondary N) is 1. The van der Waals surface area contributed by atoms with Gasteiger partial charge in [0.1, 0.15) is 4.90 Å². The van der Waals surface area contributed by atoms with E-state index in [-0.39, 0.29) is 10.9 Å². The number of aryl methyl sites for hydroxylation is 3. The molecule has 1 aromatic rings. The van der Waals surface area contributed by atoms with Gasteiger partial charge in [0.05, 0.1) is 0 Å². The summed E-state index contributed by atoms with van der Waals surface area (Å²) in [5, 5.41) is 2.59. The molecule has 0 bridgehead atoms. The van der Waals surface area contributed by atoms with Gasteiger partial charge in [-0.1, -0.05) is 17.7 Å². The van der Waals surface area contributed by atoms with Crippen LogP contribution < -0.4 is 16.8 Å². The first kappa shape index (κ1) is 15.5. The van der Waals surface area contributed by atoms with E-state index in [4.69, 9.17) is 15.7 Å². The standard InChI is InChI=1S/C13H18N4O3S/c1-8-6-9(2)11(10(3)7-8)21(18,19)20-13(15)4-5-16-12(14)17-13/h4-7H,15H2,1-3H3,(H3,14,16,17). The summed E-state index contributed by atoms with van der Waals surface area (Å²) in [5.74, 6) is -1.87. The Morgan fingerprint density at radius 1 is 1.24 bits per heavy atom. The molecule has 0 spiro atoms. The van der Waals surface area contributed by atoms with Gasteiger partial charge in [-0.05, 0) is 31.9 Å². The van der Waals surface area contributed by atoms with E-state index < -0.39 is 16.0 Å². The fourth-order valence-electron chi connectivity index (χ4n) is 2.33. The molecule has 0 amide bonds. The molecule has 0 saturated carbocycles. The maximum Gasteiger partial charge on any atom is 0.301 e. The first-order valence-electron chi connectivity index (χ1n) is 6.25. The summed E-state index contributed by atoms with van der Waals surface area (Å²) >= 11 is 0. The Hall–Kier alpha value is -1.90. The molecule has 2 rings (SSSR count). The van der Waals surface area contributed by atoms with Crippen LogP contribution in [-0.2, 0) is 14.3 Å². The summed E-state index contributed by atoms with van der Waals surface area (Å²) in [6.07, 6.45) is 2.66.